The first-order chi connectivity index (χ1) is 9.85. The minimum Gasteiger partial charge on any atom is -0.359 e. The lowest BCUT2D eigenvalue weighted by Gasteiger charge is -2.37. The van der Waals surface area contributed by atoms with Gasteiger partial charge in [0.2, 0.25) is 6.19 Å². The van der Waals surface area contributed by atoms with Gasteiger partial charge in [-0.3, -0.25) is 0 Å². The van der Waals surface area contributed by atoms with Crippen molar-refractivity contribution in [2.75, 3.05) is 13.1 Å². The normalized spacial score (nSPS) is 27.9. The molecule has 1 saturated heterocycles. The Morgan fingerprint density at radius 2 is 1.80 bits per heavy atom. The first-order valence-corrected chi connectivity index (χ1v) is 8.56. The molecule has 0 N–H and O–H groups in total. The molecule has 1 saturated carbocycles. The molecule has 3 nitrogen and oxygen atoms in total. The molecule has 112 valence electrons. The van der Waals surface area contributed by atoms with Crippen molar-refractivity contribution < 1.29 is 0 Å². The Bertz CT molecular complexity index is 348. The summed E-state index contributed by atoms with van der Waals surface area (Å²) in [5.74, 6) is 2.41. The number of aliphatic imine (C=N–C) groups is 1. The smallest absolute Gasteiger partial charge is 0.207 e. The summed E-state index contributed by atoms with van der Waals surface area (Å²) in [7, 11) is 0. The van der Waals surface area contributed by atoms with Crippen LogP contribution in [0.1, 0.15) is 71.1 Å². The van der Waals surface area contributed by atoms with E-state index >= 15 is 0 Å². The monoisotopic (exact) mass is 275 g/mol. The number of nitriles is 1. The molecule has 0 radical (unpaired) electrons. The van der Waals surface area contributed by atoms with E-state index in [0.29, 0.717) is 5.92 Å². The summed E-state index contributed by atoms with van der Waals surface area (Å²) in [6.07, 6.45) is 15.4. The van der Waals surface area contributed by atoms with Crippen LogP contribution in [-0.4, -0.2) is 23.8 Å². The first-order valence-electron chi connectivity index (χ1n) is 8.56. The van der Waals surface area contributed by atoms with Gasteiger partial charge in [0, 0.05) is 19.0 Å². The van der Waals surface area contributed by atoms with E-state index in [1.165, 1.54) is 57.8 Å². The molecule has 0 spiro atoms. The van der Waals surface area contributed by atoms with Crippen LogP contribution in [0.15, 0.2) is 4.99 Å². The molecule has 0 aromatic carbocycles. The molecular formula is C17H29N3. The highest BCUT2D eigenvalue weighted by Crippen LogP contribution is 2.27. The topological polar surface area (TPSA) is 39.4 Å². The average molecular weight is 275 g/mol. The van der Waals surface area contributed by atoms with Gasteiger partial charge in [-0.1, -0.05) is 39.0 Å². The summed E-state index contributed by atoms with van der Waals surface area (Å²) < 4.78 is 0. The van der Waals surface area contributed by atoms with Crippen LogP contribution in [0.5, 0.6) is 0 Å². The molecule has 1 aliphatic carbocycles. The molecule has 3 heteroatoms. The van der Waals surface area contributed by atoms with Crippen molar-refractivity contribution in [2.24, 2.45) is 16.8 Å². The molecule has 2 rings (SSSR count). The highest BCUT2D eigenvalue weighted by molar-refractivity contribution is 5.86. The minimum atomic E-state index is 0.511. The van der Waals surface area contributed by atoms with Gasteiger partial charge in [-0.25, -0.2) is 0 Å². The van der Waals surface area contributed by atoms with Crippen molar-refractivity contribution in [3.8, 4) is 6.19 Å². The van der Waals surface area contributed by atoms with E-state index in [1.54, 1.807) is 0 Å². The molecular weight excluding hydrogens is 246 g/mol. The molecule has 1 atom stereocenters. The highest BCUT2D eigenvalue weighted by Gasteiger charge is 2.27. The van der Waals surface area contributed by atoms with E-state index in [9.17, 15) is 0 Å². The summed E-state index contributed by atoms with van der Waals surface area (Å²) in [5.41, 5.74) is 0. The van der Waals surface area contributed by atoms with Crippen LogP contribution in [0.2, 0.25) is 0 Å². The van der Waals surface area contributed by atoms with Crippen LogP contribution in [0.25, 0.3) is 0 Å². The van der Waals surface area contributed by atoms with E-state index in [0.717, 1.165) is 31.3 Å². The lowest BCUT2D eigenvalue weighted by molar-refractivity contribution is 0.253. The fraction of sp³-hybridized carbons (Fsp3) is 0.882. The Labute approximate surface area is 124 Å². The second-order valence-corrected chi connectivity index (χ2v) is 6.47. The summed E-state index contributed by atoms with van der Waals surface area (Å²) in [4.78, 5) is 6.61. The van der Waals surface area contributed by atoms with E-state index in [-0.39, 0.29) is 0 Å². The molecule has 2 aliphatic rings. The van der Waals surface area contributed by atoms with Crippen LogP contribution in [-0.2, 0) is 0 Å². The number of nitrogens with zero attached hydrogens (tertiary/aromatic N) is 3. The van der Waals surface area contributed by atoms with Gasteiger partial charge in [0.15, 0.2) is 0 Å². The van der Waals surface area contributed by atoms with Crippen molar-refractivity contribution >= 4 is 5.84 Å². The third-order valence-corrected chi connectivity index (χ3v) is 5.03. The largest absolute Gasteiger partial charge is 0.359 e. The van der Waals surface area contributed by atoms with Crippen LogP contribution < -0.4 is 0 Å². The third-order valence-electron chi connectivity index (χ3n) is 5.03. The maximum Gasteiger partial charge on any atom is 0.207 e. The fourth-order valence-corrected chi connectivity index (χ4v) is 3.85. The molecule has 20 heavy (non-hydrogen) atoms. The molecule has 0 amide bonds. The van der Waals surface area contributed by atoms with Gasteiger partial charge < -0.3 is 4.90 Å². The van der Waals surface area contributed by atoms with Crippen LogP contribution in [0.3, 0.4) is 0 Å². The van der Waals surface area contributed by atoms with Gasteiger partial charge in [0.05, 0.1) is 0 Å². The molecule has 0 aromatic rings. The molecule has 1 aliphatic heterocycles. The number of likely N-dealkylation sites (tertiary alicyclic amines) is 1. The highest BCUT2D eigenvalue weighted by atomic mass is 15.2. The molecule has 0 bridgehead atoms. The third kappa shape index (κ3) is 4.23. The first kappa shape index (κ1) is 15.4. The average Bonchev–Trinajstić information content (AvgIpc) is 2.43. The molecule has 1 heterocycles. The summed E-state index contributed by atoms with van der Waals surface area (Å²) in [6.45, 7) is 4.46. The summed E-state index contributed by atoms with van der Waals surface area (Å²) in [6, 6.07) is 0. The number of amidine groups is 1. The lowest BCUT2D eigenvalue weighted by Crippen LogP contribution is -2.43. The second kappa shape index (κ2) is 8.29. The van der Waals surface area contributed by atoms with Crippen molar-refractivity contribution in [2.45, 2.75) is 71.1 Å². The minimum absolute atomic E-state index is 0.511. The van der Waals surface area contributed by atoms with Gasteiger partial charge in [-0.15, -0.1) is 0 Å². The standard InChI is InChI=1S/C17H29N3/c1-2-16-11-8-12-20(17(16)19-14-18)13-15-9-6-4-3-5-7-10-15/h15-16H,2-13H2,1H3. The van der Waals surface area contributed by atoms with E-state index in [4.69, 9.17) is 5.26 Å². The van der Waals surface area contributed by atoms with Gasteiger partial charge in [0.1, 0.15) is 5.84 Å². The Hall–Kier alpha value is -1.04. The van der Waals surface area contributed by atoms with E-state index in [1.807, 2.05) is 6.19 Å². The van der Waals surface area contributed by atoms with E-state index in [2.05, 4.69) is 16.8 Å². The quantitative estimate of drug-likeness (QED) is 0.718. The predicted molar refractivity (Wildman–Crippen MR) is 83.4 cm³/mol. The zero-order valence-electron chi connectivity index (χ0n) is 13.0. The Balaban J connectivity index is 1.97. The van der Waals surface area contributed by atoms with Crippen molar-refractivity contribution in [1.29, 1.82) is 5.26 Å². The molecule has 2 fully saturated rings. The Kier molecular flexibility index (Phi) is 6.36. The maximum absolute atomic E-state index is 8.97. The Morgan fingerprint density at radius 3 is 2.45 bits per heavy atom. The van der Waals surface area contributed by atoms with Crippen LogP contribution >= 0.6 is 0 Å². The lowest BCUT2D eigenvalue weighted by atomic mass is 9.88. The van der Waals surface area contributed by atoms with E-state index < -0.39 is 0 Å². The van der Waals surface area contributed by atoms with Crippen LogP contribution in [0, 0.1) is 23.3 Å². The van der Waals surface area contributed by atoms with Gasteiger partial charge in [-0.2, -0.15) is 10.3 Å². The number of piperidine rings is 1. The second-order valence-electron chi connectivity index (χ2n) is 6.47. The predicted octanol–water partition coefficient (Wildman–Crippen LogP) is 4.35. The SMILES string of the molecule is CCC1CCCN(CC2CCCCCCC2)C1=NC#N. The van der Waals surface area contributed by atoms with Crippen molar-refractivity contribution in [1.82, 2.24) is 4.90 Å². The summed E-state index contributed by atoms with van der Waals surface area (Å²) >= 11 is 0. The Morgan fingerprint density at radius 1 is 1.10 bits per heavy atom. The number of hydrogen-bond donors (Lipinski definition) is 0. The van der Waals surface area contributed by atoms with Gasteiger partial charge in [0.25, 0.3) is 0 Å². The van der Waals surface area contributed by atoms with Gasteiger partial charge >= 0.3 is 0 Å². The molecule has 1 unspecified atom stereocenters. The fourth-order valence-electron chi connectivity index (χ4n) is 3.85. The zero-order valence-corrected chi connectivity index (χ0v) is 13.0. The zero-order chi connectivity index (χ0) is 14.2. The maximum atomic E-state index is 8.97. The van der Waals surface area contributed by atoms with Gasteiger partial charge in [-0.05, 0) is 38.0 Å². The number of hydrogen-bond acceptors (Lipinski definition) is 2. The van der Waals surface area contributed by atoms with Crippen LogP contribution in [0.4, 0.5) is 0 Å². The van der Waals surface area contributed by atoms with Crippen molar-refractivity contribution in [3.63, 3.8) is 0 Å². The summed E-state index contributed by atoms with van der Waals surface area (Å²) in [5, 5.41) is 8.97. The number of rotatable bonds is 3. The van der Waals surface area contributed by atoms with Crippen molar-refractivity contribution in [3.05, 3.63) is 0 Å². The molecule has 0 aromatic heterocycles.